The Labute approximate surface area is 135 Å². The number of halogens is 2. The van der Waals surface area contributed by atoms with Crippen LogP contribution in [0.3, 0.4) is 0 Å². The van der Waals surface area contributed by atoms with Crippen LogP contribution in [-0.2, 0) is 4.74 Å². The van der Waals surface area contributed by atoms with E-state index in [0.29, 0.717) is 34.3 Å². The van der Waals surface area contributed by atoms with E-state index in [4.69, 9.17) is 32.7 Å². The van der Waals surface area contributed by atoms with Crippen molar-refractivity contribution in [1.82, 2.24) is 5.32 Å². The highest BCUT2D eigenvalue weighted by atomic mass is 35.5. The first-order chi connectivity index (χ1) is 10.1. The van der Waals surface area contributed by atoms with Gasteiger partial charge in [-0.25, -0.2) is 0 Å². The number of benzene rings is 1. The monoisotopic (exact) mass is 333 g/mol. The van der Waals surface area contributed by atoms with Gasteiger partial charge in [-0.3, -0.25) is 0 Å². The van der Waals surface area contributed by atoms with Gasteiger partial charge in [-0.1, -0.05) is 29.3 Å². The Morgan fingerprint density at radius 3 is 2.76 bits per heavy atom. The summed E-state index contributed by atoms with van der Waals surface area (Å²) in [6.07, 6.45) is 0.442. The largest absolute Gasteiger partial charge is 0.488 e. The maximum atomic E-state index is 9.98. The van der Waals surface area contributed by atoms with Crippen molar-refractivity contribution >= 4 is 23.2 Å². The number of ether oxygens (including phenoxy) is 2. The molecule has 1 aromatic rings. The quantitative estimate of drug-likeness (QED) is 0.805. The van der Waals surface area contributed by atoms with E-state index < -0.39 is 6.10 Å². The van der Waals surface area contributed by atoms with Crippen LogP contribution in [0.4, 0.5) is 0 Å². The molecular formula is C15H21Cl2NO3. The molecule has 0 radical (unpaired) electrons. The van der Waals surface area contributed by atoms with Gasteiger partial charge in [0.15, 0.2) is 5.75 Å². The molecule has 6 heteroatoms. The second-order valence-electron chi connectivity index (χ2n) is 5.34. The van der Waals surface area contributed by atoms with Gasteiger partial charge in [0.2, 0.25) is 0 Å². The number of hydrogen-bond acceptors (Lipinski definition) is 4. The molecule has 2 N–H and O–H groups in total. The lowest BCUT2D eigenvalue weighted by molar-refractivity contribution is 0.101. The third kappa shape index (κ3) is 5.01. The Balaban J connectivity index is 1.73. The lowest BCUT2D eigenvalue weighted by Crippen LogP contribution is -2.40. The molecule has 3 atom stereocenters. The molecule has 3 unspecified atom stereocenters. The van der Waals surface area contributed by atoms with E-state index in [-0.39, 0.29) is 6.61 Å². The van der Waals surface area contributed by atoms with Crippen LogP contribution in [0.15, 0.2) is 18.2 Å². The van der Waals surface area contributed by atoms with Gasteiger partial charge >= 0.3 is 0 Å². The van der Waals surface area contributed by atoms with Gasteiger partial charge in [0.1, 0.15) is 12.7 Å². The van der Waals surface area contributed by atoms with Crippen LogP contribution in [0.2, 0.25) is 10.0 Å². The number of rotatable bonds is 7. The van der Waals surface area contributed by atoms with E-state index in [9.17, 15) is 5.11 Å². The summed E-state index contributed by atoms with van der Waals surface area (Å²) in [5.74, 6) is 0.924. The van der Waals surface area contributed by atoms with Crippen molar-refractivity contribution < 1.29 is 14.6 Å². The second-order valence-corrected chi connectivity index (χ2v) is 6.15. The van der Waals surface area contributed by atoms with Crippen molar-refractivity contribution in [2.75, 3.05) is 26.4 Å². The molecule has 0 aromatic heterocycles. The predicted molar refractivity (Wildman–Crippen MR) is 84.4 cm³/mol. The Morgan fingerprint density at radius 2 is 2.14 bits per heavy atom. The fourth-order valence-electron chi connectivity index (χ4n) is 2.29. The van der Waals surface area contributed by atoms with Crippen LogP contribution in [0.25, 0.3) is 0 Å². The molecule has 2 rings (SSSR count). The molecule has 1 aliphatic heterocycles. The topological polar surface area (TPSA) is 50.7 Å². The van der Waals surface area contributed by atoms with Crippen LogP contribution in [-0.4, -0.2) is 43.6 Å². The Hall–Kier alpha value is -0.520. The van der Waals surface area contributed by atoms with E-state index in [1.165, 1.54) is 0 Å². The van der Waals surface area contributed by atoms with E-state index >= 15 is 0 Å². The highest BCUT2D eigenvalue weighted by Gasteiger charge is 2.22. The maximum absolute atomic E-state index is 9.98. The van der Waals surface area contributed by atoms with E-state index in [1.807, 2.05) is 0 Å². The first kappa shape index (κ1) is 16.8. The SMILES string of the molecule is CC(NCC(O)COc1c(Cl)cccc1Cl)C1CCOC1. The second kappa shape index (κ2) is 8.20. The third-order valence-electron chi connectivity index (χ3n) is 3.69. The average Bonchev–Trinajstić information content (AvgIpc) is 2.98. The maximum Gasteiger partial charge on any atom is 0.156 e. The standard InChI is InChI=1S/C15H21Cl2NO3/c1-10(11-5-6-20-8-11)18-7-12(19)9-21-15-13(16)3-2-4-14(15)17/h2-4,10-12,18-19H,5-9H2,1H3. The Kier molecular flexibility index (Phi) is 6.58. The first-order valence-electron chi connectivity index (χ1n) is 7.14. The van der Waals surface area contributed by atoms with Gasteiger partial charge < -0.3 is 19.9 Å². The molecule has 0 amide bonds. The summed E-state index contributed by atoms with van der Waals surface area (Å²) < 4.78 is 10.9. The van der Waals surface area contributed by atoms with Gasteiger partial charge in [-0.2, -0.15) is 0 Å². The molecule has 0 aliphatic carbocycles. The van der Waals surface area contributed by atoms with Crippen molar-refractivity contribution in [3.05, 3.63) is 28.2 Å². The number of para-hydroxylation sites is 1. The molecule has 4 nitrogen and oxygen atoms in total. The van der Waals surface area contributed by atoms with Gasteiger partial charge in [0.25, 0.3) is 0 Å². The van der Waals surface area contributed by atoms with Crippen molar-refractivity contribution in [3.8, 4) is 5.75 Å². The lowest BCUT2D eigenvalue weighted by Gasteiger charge is -2.21. The minimum absolute atomic E-state index is 0.143. The Morgan fingerprint density at radius 1 is 1.43 bits per heavy atom. The van der Waals surface area contributed by atoms with Crippen LogP contribution in [0.5, 0.6) is 5.75 Å². The molecule has 0 saturated carbocycles. The van der Waals surface area contributed by atoms with E-state index in [1.54, 1.807) is 18.2 Å². The minimum atomic E-state index is -0.623. The smallest absolute Gasteiger partial charge is 0.156 e. The molecule has 1 heterocycles. The summed E-state index contributed by atoms with van der Waals surface area (Å²) >= 11 is 12.0. The molecule has 0 bridgehead atoms. The van der Waals surface area contributed by atoms with Crippen LogP contribution >= 0.6 is 23.2 Å². The van der Waals surface area contributed by atoms with Gasteiger partial charge in [-0.05, 0) is 31.4 Å². The lowest BCUT2D eigenvalue weighted by atomic mass is 10.0. The van der Waals surface area contributed by atoms with Crippen molar-refractivity contribution in [2.45, 2.75) is 25.5 Å². The first-order valence-corrected chi connectivity index (χ1v) is 7.89. The summed E-state index contributed by atoms with van der Waals surface area (Å²) in [6, 6.07) is 5.47. The zero-order chi connectivity index (χ0) is 15.2. The zero-order valence-corrected chi connectivity index (χ0v) is 13.5. The van der Waals surface area contributed by atoms with Gasteiger partial charge in [0, 0.05) is 19.2 Å². The molecule has 1 saturated heterocycles. The number of nitrogens with one attached hydrogen (secondary N) is 1. The molecule has 1 aromatic carbocycles. The molecular weight excluding hydrogens is 313 g/mol. The van der Waals surface area contributed by atoms with Crippen LogP contribution in [0, 0.1) is 5.92 Å². The third-order valence-corrected chi connectivity index (χ3v) is 4.28. The van der Waals surface area contributed by atoms with Crippen molar-refractivity contribution in [1.29, 1.82) is 0 Å². The molecule has 21 heavy (non-hydrogen) atoms. The average molecular weight is 334 g/mol. The number of aliphatic hydroxyl groups is 1. The van der Waals surface area contributed by atoms with Gasteiger partial charge in [0.05, 0.1) is 16.7 Å². The van der Waals surface area contributed by atoms with Crippen molar-refractivity contribution in [2.24, 2.45) is 5.92 Å². The molecule has 0 spiro atoms. The highest BCUT2D eigenvalue weighted by Crippen LogP contribution is 2.32. The van der Waals surface area contributed by atoms with Crippen molar-refractivity contribution in [3.63, 3.8) is 0 Å². The molecule has 1 fully saturated rings. The minimum Gasteiger partial charge on any atom is -0.488 e. The van der Waals surface area contributed by atoms with Crippen LogP contribution in [0.1, 0.15) is 13.3 Å². The fourth-order valence-corrected chi connectivity index (χ4v) is 2.80. The Bertz CT molecular complexity index is 432. The number of aliphatic hydroxyl groups excluding tert-OH is 1. The highest BCUT2D eigenvalue weighted by molar-refractivity contribution is 6.37. The summed E-state index contributed by atoms with van der Waals surface area (Å²) in [5, 5.41) is 14.2. The van der Waals surface area contributed by atoms with Crippen LogP contribution < -0.4 is 10.1 Å². The van der Waals surface area contributed by atoms with Gasteiger partial charge in [-0.15, -0.1) is 0 Å². The van der Waals surface area contributed by atoms with E-state index in [2.05, 4.69) is 12.2 Å². The van der Waals surface area contributed by atoms with E-state index in [0.717, 1.165) is 19.6 Å². The summed E-state index contributed by atoms with van der Waals surface area (Å²) in [6.45, 7) is 4.32. The summed E-state index contributed by atoms with van der Waals surface area (Å²) in [5.41, 5.74) is 0. The summed E-state index contributed by atoms with van der Waals surface area (Å²) in [7, 11) is 0. The number of hydrogen-bond donors (Lipinski definition) is 2. The zero-order valence-electron chi connectivity index (χ0n) is 12.0. The fraction of sp³-hybridized carbons (Fsp3) is 0.600. The predicted octanol–water partition coefficient (Wildman–Crippen LogP) is 2.75. The molecule has 118 valence electrons. The summed E-state index contributed by atoms with van der Waals surface area (Å²) in [4.78, 5) is 0. The normalized spacial score (nSPS) is 21.2. The molecule has 1 aliphatic rings.